The van der Waals surface area contributed by atoms with E-state index in [0.717, 1.165) is 31.6 Å². The Labute approximate surface area is 109 Å². The standard InChI is InChI=1S/C15H20N2O/c1-15(2,11-16)14-6-4-3-5-12(14)9-17-8-7-13(18)10-17/h3-6,13,18H,7-10H2,1-2H3/t13-/m1/s1. The highest BCUT2D eigenvalue weighted by Crippen LogP contribution is 2.27. The summed E-state index contributed by atoms with van der Waals surface area (Å²) in [7, 11) is 0. The molecule has 0 bridgehead atoms. The van der Waals surface area contributed by atoms with Crippen molar-refractivity contribution in [3.8, 4) is 6.07 Å². The first kappa shape index (κ1) is 13.1. The lowest BCUT2D eigenvalue weighted by atomic mass is 9.83. The molecule has 0 aromatic heterocycles. The van der Waals surface area contributed by atoms with Gasteiger partial charge in [0.25, 0.3) is 0 Å². The highest BCUT2D eigenvalue weighted by Gasteiger charge is 2.25. The Kier molecular flexibility index (Phi) is 3.70. The summed E-state index contributed by atoms with van der Waals surface area (Å²) in [6.07, 6.45) is 0.658. The Balaban J connectivity index is 2.21. The van der Waals surface area contributed by atoms with Crippen molar-refractivity contribution < 1.29 is 5.11 Å². The SMILES string of the molecule is CC(C)(C#N)c1ccccc1CN1CC[C@@H](O)C1. The molecule has 96 valence electrons. The summed E-state index contributed by atoms with van der Waals surface area (Å²) in [5.41, 5.74) is 1.82. The Bertz CT molecular complexity index is 462. The third-order valence-corrected chi connectivity index (χ3v) is 3.61. The van der Waals surface area contributed by atoms with E-state index in [0.29, 0.717) is 0 Å². The molecule has 0 radical (unpaired) electrons. The third kappa shape index (κ3) is 2.72. The molecule has 1 aliphatic rings. The Hall–Kier alpha value is -1.37. The van der Waals surface area contributed by atoms with Crippen molar-refractivity contribution >= 4 is 0 Å². The fourth-order valence-corrected chi connectivity index (χ4v) is 2.52. The number of nitriles is 1. The van der Waals surface area contributed by atoms with Crippen molar-refractivity contribution in [2.75, 3.05) is 13.1 Å². The van der Waals surface area contributed by atoms with E-state index < -0.39 is 5.41 Å². The van der Waals surface area contributed by atoms with Crippen LogP contribution >= 0.6 is 0 Å². The highest BCUT2D eigenvalue weighted by molar-refractivity contribution is 5.37. The number of rotatable bonds is 3. The fraction of sp³-hybridized carbons (Fsp3) is 0.533. The molecule has 1 aromatic carbocycles. The molecule has 0 amide bonds. The van der Waals surface area contributed by atoms with Crippen molar-refractivity contribution in [1.82, 2.24) is 4.90 Å². The predicted octanol–water partition coefficient (Wildman–Crippen LogP) is 2.05. The van der Waals surface area contributed by atoms with Gasteiger partial charge in [0.2, 0.25) is 0 Å². The largest absolute Gasteiger partial charge is 0.392 e. The average molecular weight is 244 g/mol. The summed E-state index contributed by atoms with van der Waals surface area (Å²) in [6, 6.07) is 10.5. The number of benzene rings is 1. The minimum atomic E-state index is -0.463. The molecule has 18 heavy (non-hydrogen) atoms. The first-order valence-corrected chi connectivity index (χ1v) is 6.43. The first-order valence-electron chi connectivity index (χ1n) is 6.43. The molecule has 1 saturated heterocycles. The van der Waals surface area contributed by atoms with E-state index in [9.17, 15) is 10.4 Å². The van der Waals surface area contributed by atoms with Crippen LogP contribution < -0.4 is 0 Å². The lowest BCUT2D eigenvalue weighted by Gasteiger charge is -2.23. The van der Waals surface area contributed by atoms with Crippen molar-refractivity contribution in [2.24, 2.45) is 0 Å². The molecule has 1 aliphatic heterocycles. The Morgan fingerprint density at radius 1 is 1.44 bits per heavy atom. The van der Waals surface area contributed by atoms with Crippen molar-refractivity contribution in [2.45, 2.75) is 38.3 Å². The first-order chi connectivity index (χ1) is 8.53. The summed E-state index contributed by atoms with van der Waals surface area (Å²) in [5.74, 6) is 0. The van der Waals surface area contributed by atoms with E-state index in [1.165, 1.54) is 5.56 Å². The van der Waals surface area contributed by atoms with Gasteiger partial charge >= 0.3 is 0 Å². The second-order valence-electron chi connectivity index (χ2n) is 5.57. The van der Waals surface area contributed by atoms with E-state index in [4.69, 9.17) is 0 Å². The van der Waals surface area contributed by atoms with E-state index in [1.807, 2.05) is 32.0 Å². The van der Waals surface area contributed by atoms with Crippen LogP contribution in [0.3, 0.4) is 0 Å². The molecule has 3 nitrogen and oxygen atoms in total. The van der Waals surface area contributed by atoms with E-state index in [1.54, 1.807) is 0 Å². The van der Waals surface area contributed by atoms with E-state index in [-0.39, 0.29) is 6.10 Å². The summed E-state index contributed by atoms with van der Waals surface area (Å²) in [4.78, 5) is 2.25. The minimum Gasteiger partial charge on any atom is -0.392 e. The van der Waals surface area contributed by atoms with Gasteiger partial charge in [0.1, 0.15) is 0 Å². The van der Waals surface area contributed by atoms with E-state index in [2.05, 4.69) is 17.0 Å². The number of likely N-dealkylation sites (tertiary alicyclic amines) is 1. The smallest absolute Gasteiger partial charge is 0.0769 e. The Morgan fingerprint density at radius 3 is 2.78 bits per heavy atom. The molecule has 1 atom stereocenters. The van der Waals surface area contributed by atoms with Crippen LogP contribution in [0.15, 0.2) is 24.3 Å². The normalized spacial score (nSPS) is 20.9. The fourth-order valence-electron chi connectivity index (χ4n) is 2.52. The number of hydrogen-bond donors (Lipinski definition) is 1. The van der Waals surface area contributed by atoms with Gasteiger partial charge in [-0.05, 0) is 31.4 Å². The van der Waals surface area contributed by atoms with Gasteiger partial charge in [-0.2, -0.15) is 5.26 Å². The second kappa shape index (κ2) is 5.09. The molecule has 0 saturated carbocycles. The molecular formula is C15H20N2O. The maximum atomic E-state index is 9.56. The number of hydrogen-bond acceptors (Lipinski definition) is 3. The van der Waals surface area contributed by atoms with Crippen LogP contribution in [0.1, 0.15) is 31.4 Å². The van der Waals surface area contributed by atoms with Crippen molar-refractivity contribution in [3.05, 3.63) is 35.4 Å². The summed E-state index contributed by atoms with van der Waals surface area (Å²) in [6.45, 7) is 6.39. The van der Waals surface area contributed by atoms with Gasteiger partial charge < -0.3 is 5.11 Å². The van der Waals surface area contributed by atoms with Gasteiger partial charge in [-0.1, -0.05) is 24.3 Å². The maximum Gasteiger partial charge on any atom is 0.0769 e. The quantitative estimate of drug-likeness (QED) is 0.885. The zero-order valence-corrected chi connectivity index (χ0v) is 11.1. The zero-order chi connectivity index (χ0) is 13.2. The van der Waals surface area contributed by atoms with Crippen LogP contribution in [0.25, 0.3) is 0 Å². The molecule has 3 heteroatoms. The number of β-amino-alcohol motifs (C(OH)–C–C–N with tert-alkyl or cyclic N) is 1. The van der Waals surface area contributed by atoms with Gasteiger partial charge in [-0.25, -0.2) is 0 Å². The minimum absolute atomic E-state index is 0.193. The lowest BCUT2D eigenvalue weighted by molar-refractivity contribution is 0.174. The number of aliphatic hydroxyl groups excluding tert-OH is 1. The lowest BCUT2D eigenvalue weighted by Crippen LogP contribution is -2.24. The van der Waals surface area contributed by atoms with Crippen molar-refractivity contribution in [3.63, 3.8) is 0 Å². The maximum absolute atomic E-state index is 9.56. The molecule has 1 N–H and O–H groups in total. The van der Waals surface area contributed by atoms with Gasteiger partial charge in [0.05, 0.1) is 17.6 Å². The summed E-state index contributed by atoms with van der Waals surface area (Å²) >= 11 is 0. The van der Waals surface area contributed by atoms with Crippen LogP contribution in [0.5, 0.6) is 0 Å². The molecule has 0 unspecified atom stereocenters. The molecule has 0 aliphatic carbocycles. The van der Waals surface area contributed by atoms with Gasteiger partial charge in [-0.3, -0.25) is 4.90 Å². The third-order valence-electron chi connectivity index (χ3n) is 3.61. The van der Waals surface area contributed by atoms with Crippen molar-refractivity contribution in [1.29, 1.82) is 5.26 Å². The molecule has 1 aromatic rings. The number of aliphatic hydroxyl groups is 1. The van der Waals surface area contributed by atoms with Crippen LogP contribution in [0, 0.1) is 11.3 Å². The highest BCUT2D eigenvalue weighted by atomic mass is 16.3. The summed E-state index contributed by atoms with van der Waals surface area (Å²) < 4.78 is 0. The molecule has 1 heterocycles. The molecular weight excluding hydrogens is 224 g/mol. The molecule has 0 spiro atoms. The van der Waals surface area contributed by atoms with Crippen LogP contribution in [0.4, 0.5) is 0 Å². The summed E-state index contributed by atoms with van der Waals surface area (Å²) in [5, 5.41) is 18.8. The van der Waals surface area contributed by atoms with Crippen LogP contribution in [0.2, 0.25) is 0 Å². The Morgan fingerprint density at radius 2 is 2.17 bits per heavy atom. The van der Waals surface area contributed by atoms with Crippen LogP contribution in [-0.4, -0.2) is 29.2 Å². The predicted molar refractivity (Wildman–Crippen MR) is 71.0 cm³/mol. The molecule has 2 rings (SSSR count). The number of nitrogens with zero attached hydrogens (tertiary/aromatic N) is 2. The van der Waals surface area contributed by atoms with Gasteiger partial charge in [-0.15, -0.1) is 0 Å². The van der Waals surface area contributed by atoms with Crippen LogP contribution in [-0.2, 0) is 12.0 Å². The van der Waals surface area contributed by atoms with Gasteiger partial charge in [0, 0.05) is 19.6 Å². The van der Waals surface area contributed by atoms with Gasteiger partial charge in [0.15, 0.2) is 0 Å². The monoisotopic (exact) mass is 244 g/mol. The zero-order valence-electron chi connectivity index (χ0n) is 11.1. The second-order valence-corrected chi connectivity index (χ2v) is 5.57. The average Bonchev–Trinajstić information content (AvgIpc) is 2.75. The topological polar surface area (TPSA) is 47.3 Å². The van der Waals surface area contributed by atoms with E-state index >= 15 is 0 Å². The molecule has 1 fully saturated rings.